The van der Waals surface area contributed by atoms with Gasteiger partial charge < -0.3 is 14.4 Å². The number of carbonyl (C=O) groups excluding carboxylic acids is 1. The van der Waals surface area contributed by atoms with Gasteiger partial charge in [-0.25, -0.2) is 8.42 Å². The van der Waals surface area contributed by atoms with Crippen LogP contribution in [0.2, 0.25) is 0 Å². The highest BCUT2D eigenvalue weighted by Gasteiger charge is 2.32. The zero-order valence-electron chi connectivity index (χ0n) is 18.9. The number of nitrogens with zero attached hydrogens (tertiary/aromatic N) is 3. The molecule has 4 rings (SSSR count). The van der Waals surface area contributed by atoms with E-state index >= 15 is 0 Å². The van der Waals surface area contributed by atoms with Gasteiger partial charge in [0.25, 0.3) is 5.91 Å². The summed E-state index contributed by atoms with van der Waals surface area (Å²) >= 11 is 0. The SMILES string of the molecule is COc1ccc(S(=O)(=O)N2CCN(C(=O)c3ccccc3Oc3ccccc3)CC2)cc1[N+](=O)[O-]. The summed E-state index contributed by atoms with van der Waals surface area (Å²) in [6.07, 6.45) is 0. The third kappa shape index (κ3) is 5.10. The van der Waals surface area contributed by atoms with Crippen LogP contribution in [0.1, 0.15) is 10.4 Å². The maximum Gasteiger partial charge on any atom is 0.312 e. The molecule has 0 radical (unpaired) electrons. The molecule has 1 fully saturated rings. The minimum atomic E-state index is -3.99. The van der Waals surface area contributed by atoms with Crippen LogP contribution in [-0.4, -0.2) is 61.7 Å². The van der Waals surface area contributed by atoms with E-state index in [0.717, 1.165) is 6.07 Å². The molecule has 1 aliphatic rings. The molecule has 182 valence electrons. The van der Waals surface area contributed by atoms with Gasteiger partial charge in [0.15, 0.2) is 5.75 Å². The fourth-order valence-electron chi connectivity index (χ4n) is 3.77. The van der Waals surface area contributed by atoms with E-state index in [1.54, 1.807) is 41.3 Å². The fourth-order valence-corrected chi connectivity index (χ4v) is 5.21. The summed E-state index contributed by atoms with van der Waals surface area (Å²) in [7, 11) is -2.72. The van der Waals surface area contributed by atoms with Crippen LogP contribution in [0.15, 0.2) is 77.7 Å². The molecule has 10 nitrogen and oxygen atoms in total. The van der Waals surface area contributed by atoms with Gasteiger partial charge in [-0.15, -0.1) is 0 Å². The minimum Gasteiger partial charge on any atom is -0.490 e. The number of nitro groups is 1. The lowest BCUT2D eigenvalue weighted by molar-refractivity contribution is -0.386. The third-order valence-electron chi connectivity index (χ3n) is 5.60. The molecule has 1 heterocycles. The molecular weight excluding hydrogens is 474 g/mol. The highest BCUT2D eigenvalue weighted by atomic mass is 32.2. The summed E-state index contributed by atoms with van der Waals surface area (Å²) in [5.74, 6) is 0.705. The Morgan fingerprint density at radius 3 is 2.23 bits per heavy atom. The van der Waals surface area contributed by atoms with Crippen LogP contribution in [0.3, 0.4) is 0 Å². The molecule has 0 aliphatic carbocycles. The van der Waals surface area contributed by atoms with Crippen LogP contribution < -0.4 is 9.47 Å². The molecule has 0 saturated carbocycles. The zero-order valence-corrected chi connectivity index (χ0v) is 19.7. The molecule has 1 amide bonds. The number of sulfonamides is 1. The van der Waals surface area contributed by atoms with E-state index < -0.39 is 20.6 Å². The van der Waals surface area contributed by atoms with E-state index in [4.69, 9.17) is 9.47 Å². The molecule has 3 aromatic carbocycles. The number of hydrogen-bond donors (Lipinski definition) is 0. The Bertz CT molecular complexity index is 1340. The maximum absolute atomic E-state index is 13.2. The van der Waals surface area contributed by atoms with Crippen molar-refractivity contribution in [1.29, 1.82) is 0 Å². The lowest BCUT2D eigenvalue weighted by Gasteiger charge is -2.34. The highest BCUT2D eigenvalue weighted by Crippen LogP contribution is 2.31. The standard InChI is InChI=1S/C24H23N3O7S/c1-33-23-12-11-19(17-21(23)27(29)30)35(31,32)26-15-13-25(14-16-26)24(28)20-9-5-6-10-22(20)34-18-7-3-2-4-8-18/h2-12,17H,13-16H2,1H3. The summed E-state index contributed by atoms with van der Waals surface area (Å²) < 4.78 is 38.3. The van der Waals surface area contributed by atoms with Crippen LogP contribution in [0.25, 0.3) is 0 Å². The molecule has 0 N–H and O–H groups in total. The van der Waals surface area contributed by atoms with Crippen molar-refractivity contribution in [3.63, 3.8) is 0 Å². The number of benzene rings is 3. The van der Waals surface area contributed by atoms with Crippen molar-refractivity contribution in [3.8, 4) is 17.2 Å². The largest absolute Gasteiger partial charge is 0.490 e. The average Bonchev–Trinajstić information content (AvgIpc) is 2.89. The number of amides is 1. The van der Waals surface area contributed by atoms with Crippen molar-refractivity contribution >= 4 is 21.6 Å². The molecule has 1 aliphatic heterocycles. The summed E-state index contributed by atoms with van der Waals surface area (Å²) in [4.78, 5) is 25.2. The summed E-state index contributed by atoms with van der Waals surface area (Å²) in [6.45, 7) is 0.428. The minimum absolute atomic E-state index is 0.0271. The normalized spacial score (nSPS) is 14.4. The lowest BCUT2D eigenvalue weighted by Crippen LogP contribution is -2.50. The second-order valence-corrected chi connectivity index (χ2v) is 9.64. The first kappa shape index (κ1) is 24.2. The summed E-state index contributed by atoms with van der Waals surface area (Å²) in [5.41, 5.74) is -0.0594. The Labute approximate surface area is 202 Å². The maximum atomic E-state index is 13.2. The molecular formula is C24H23N3O7S. The number of piperazine rings is 1. The number of ether oxygens (including phenoxy) is 2. The van der Waals surface area contributed by atoms with E-state index in [0.29, 0.717) is 17.1 Å². The average molecular weight is 498 g/mol. The first-order chi connectivity index (χ1) is 16.8. The van der Waals surface area contributed by atoms with Crippen LogP contribution in [0.5, 0.6) is 17.2 Å². The van der Waals surface area contributed by atoms with E-state index in [1.165, 1.54) is 23.5 Å². The van der Waals surface area contributed by atoms with E-state index in [1.807, 2.05) is 18.2 Å². The molecule has 35 heavy (non-hydrogen) atoms. The topological polar surface area (TPSA) is 119 Å². The van der Waals surface area contributed by atoms with Crippen molar-refractivity contribution in [2.75, 3.05) is 33.3 Å². The van der Waals surface area contributed by atoms with E-state index in [9.17, 15) is 23.3 Å². The molecule has 0 spiro atoms. The number of rotatable bonds is 7. The first-order valence-electron chi connectivity index (χ1n) is 10.7. The van der Waals surface area contributed by atoms with Gasteiger partial charge in [0.1, 0.15) is 11.5 Å². The Morgan fingerprint density at radius 2 is 1.57 bits per heavy atom. The second kappa shape index (κ2) is 10.1. The van der Waals surface area contributed by atoms with Gasteiger partial charge in [-0.1, -0.05) is 30.3 Å². The van der Waals surface area contributed by atoms with Crippen molar-refractivity contribution in [2.45, 2.75) is 4.90 Å². The van der Waals surface area contributed by atoms with Gasteiger partial charge in [-0.2, -0.15) is 4.31 Å². The van der Waals surface area contributed by atoms with Crippen molar-refractivity contribution in [3.05, 3.63) is 88.5 Å². The van der Waals surface area contributed by atoms with Crippen molar-refractivity contribution in [1.82, 2.24) is 9.21 Å². The van der Waals surface area contributed by atoms with Gasteiger partial charge in [0, 0.05) is 32.2 Å². The monoisotopic (exact) mass is 497 g/mol. The van der Waals surface area contributed by atoms with E-state index in [2.05, 4.69) is 0 Å². The molecule has 0 atom stereocenters. The fraction of sp³-hybridized carbons (Fsp3) is 0.208. The first-order valence-corrected chi connectivity index (χ1v) is 12.2. The van der Waals surface area contributed by atoms with Crippen LogP contribution in [-0.2, 0) is 10.0 Å². The quantitative estimate of drug-likeness (QED) is 0.362. The smallest absolute Gasteiger partial charge is 0.312 e. The number of hydrogen-bond acceptors (Lipinski definition) is 7. The second-order valence-electron chi connectivity index (χ2n) is 7.70. The summed E-state index contributed by atoms with van der Waals surface area (Å²) in [5, 5.41) is 11.3. The van der Waals surface area contributed by atoms with Gasteiger partial charge >= 0.3 is 5.69 Å². The molecule has 1 saturated heterocycles. The molecule has 3 aromatic rings. The molecule has 11 heteroatoms. The third-order valence-corrected chi connectivity index (χ3v) is 7.49. The molecule has 0 bridgehead atoms. The number of para-hydroxylation sites is 2. The Balaban J connectivity index is 1.48. The van der Waals surface area contributed by atoms with Gasteiger partial charge in [0.05, 0.1) is 22.5 Å². The lowest BCUT2D eigenvalue weighted by atomic mass is 10.1. The zero-order chi connectivity index (χ0) is 25.0. The van der Waals surface area contributed by atoms with E-state index in [-0.39, 0.29) is 42.7 Å². The highest BCUT2D eigenvalue weighted by molar-refractivity contribution is 7.89. The van der Waals surface area contributed by atoms with Crippen LogP contribution in [0, 0.1) is 10.1 Å². The molecule has 0 aromatic heterocycles. The predicted octanol–water partition coefficient (Wildman–Crippen LogP) is 3.54. The van der Waals surface area contributed by atoms with Crippen LogP contribution >= 0.6 is 0 Å². The Hall–Kier alpha value is -3.96. The Morgan fingerprint density at radius 1 is 0.914 bits per heavy atom. The van der Waals surface area contributed by atoms with Crippen molar-refractivity contribution in [2.24, 2.45) is 0 Å². The van der Waals surface area contributed by atoms with Gasteiger partial charge in [-0.05, 0) is 36.4 Å². The molecule has 0 unspecified atom stereocenters. The summed E-state index contributed by atoms with van der Waals surface area (Å²) in [6, 6.07) is 19.5. The number of nitro benzene ring substituents is 1. The van der Waals surface area contributed by atoms with Crippen molar-refractivity contribution < 1.29 is 27.6 Å². The predicted molar refractivity (Wildman–Crippen MR) is 127 cm³/mol. The Kier molecular flexibility index (Phi) is 6.99. The number of carbonyl (C=O) groups is 1. The number of methoxy groups -OCH3 is 1. The van der Waals surface area contributed by atoms with Gasteiger partial charge in [-0.3, -0.25) is 14.9 Å². The van der Waals surface area contributed by atoms with Gasteiger partial charge in [0.2, 0.25) is 10.0 Å². The van der Waals surface area contributed by atoms with Crippen LogP contribution in [0.4, 0.5) is 5.69 Å².